The Kier molecular flexibility index (Phi) is 8.11. The van der Waals surface area contributed by atoms with Gasteiger partial charge in [-0.25, -0.2) is 4.39 Å². The molecule has 1 unspecified atom stereocenters. The van der Waals surface area contributed by atoms with Crippen molar-refractivity contribution in [3.8, 4) is 11.1 Å². The summed E-state index contributed by atoms with van der Waals surface area (Å²) >= 11 is 6.22. The van der Waals surface area contributed by atoms with Gasteiger partial charge in [-0.15, -0.1) is 12.4 Å². The number of likely N-dealkylation sites (tertiary alicyclic amines) is 1. The van der Waals surface area contributed by atoms with Crippen molar-refractivity contribution in [2.45, 2.75) is 25.8 Å². The maximum absolute atomic E-state index is 14.4. The quantitative estimate of drug-likeness (QED) is 0.512. The van der Waals surface area contributed by atoms with Crippen molar-refractivity contribution >= 4 is 46.6 Å². The number of nitrogens with zero attached hydrogens (tertiary/aromatic N) is 2. The highest BCUT2D eigenvalue weighted by Crippen LogP contribution is 2.34. The summed E-state index contributed by atoms with van der Waals surface area (Å²) in [7, 11) is 1.70. The second kappa shape index (κ2) is 10.6. The van der Waals surface area contributed by atoms with Gasteiger partial charge in [-0.1, -0.05) is 23.7 Å². The lowest BCUT2D eigenvalue weighted by atomic mass is 9.95. The number of aromatic nitrogens is 2. The van der Waals surface area contributed by atoms with E-state index in [0.29, 0.717) is 34.6 Å². The number of carbonyl (C=O) groups is 1. The lowest BCUT2D eigenvalue weighted by Gasteiger charge is -2.35. The van der Waals surface area contributed by atoms with Gasteiger partial charge in [-0.2, -0.15) is 5.10 Å². The van der Waals surface area contributed by atoms with Crippen molar-refractivity contribution in [3.05, 3.63) is 47.2 Å². The van der Waals surface area contributed by atoms with Crippen LogP contribution in [0.3, 0.4) is 0 Å². The predicted octanol–water partition coefficient (Wildman–Crippen LogP) is 5.13. The van der Waals surface area contributed by atoms with Gasteiger partial charge in [0.15, 0.2) is 5.82 Å². The number of fused-ring (bicyclic) bond motifs is 1. The fourth-order valence-corrected chi connectivity index (χ4v) is 4.48. The third kappa shape index (κ3) is 5.07. The summed E-state index contributed by atoms with van der Waals surface area (Å²) in [4.78, 5) is 15.2. The maximum atomic E-state index is 14.4. The molecule has 6 nitrogen and oxygen atoms in total. The van der Waals surface area contributed by atoms with Gasteiger partial charge in [0, 0.05) is 30.0 Å². The van der Waals surface area contributed by atoms with E-state index in [1.807, 2.05) is 6.07 Å². The second-order valence-corrected chi connectivity index (χ2v) is 8.44. The Balaban J connectivity index is 0.00000289. The van der Waals surface area contributed by atoms with Crippen molar-refractivity contribution in [1.82, 2.24) is 15.1 Å². The minimum atomic E-state index is -0.393. The van der Waals surface area contributed by atoms with Crippen molar-refractivity contribution in [3.63, 3.8) is 0 Å². The van der Waals surface area contributed by atoms with Crippen LogP contribution in [0.25, 0.3) is 22.0 Å². The zero-order valence-electron chi connectivity index (χ0n) is 18.0. The van der Waals surface area contributed by atoms with Crippen LogP contribution >= 0.6 is 24.0 Å². The van der Waals surface area contributed by atoms with Crippen molar-refractivity contribution in [2.75, 3.05) is 32.1 Å². The lowest BCUT2D eigenvalue weighted by molar-refractivity contribution is -0.121. The molecule has 2 N–H and O–H groups in total. The van der Waals surface area contributed by atoms with Gasteiger partial charge in [0.2, 0.25) is 5.91 Å². The molecule has 172 valence electrons. The number of nitrogens with one attached hydrogen (secondary N) is 2. The lowest BCUT2D eigenvalue weighted by Crippen LogP contribution is -2.44. The Hall–Kier alpha value is -2.19. The van der Waals surface area contributed by atoms with Gasteiger partial charge in [0.05, 0.1) is 17.1 Å². The number of benzene rings is 2. The molecule has 2 aromatic carbocycles. The first-order valence-corrected chi connectivity index (χ1v) is 10.8. The van der Waals surface area contributed by atoms with E-state index in [4.69, 9.17) is 16.3 Å². The van der Waals surface area contributed by atoms with E-state index in [2.05, 4.69) is 27.3 Å². The summed E-state index contributed by atoms with van der Waals surface area (Å²) in [6.07, 6.45) is 1.58. The Labute approximate surface area is 197 Å². The summed E-state index contributed by atoms with van der Waals surface area (Å²) in [5, 5.41) is 11.2. The maximum Gasteiger partial charge on any atom is 0.228 e. The van der Waals surface area contributed by atoms with Crippen LogP contribution < -0.4 is 5.32 Å². The number of anilines is 1. The van der Waals surface area contributed by atoms with E-state index < -0.39 is 5.82 Å². The highest BCUT2D eigenvalue weighted by Gasteiger charge is 2.28. The van der Waals surface area contributed by atoms with Crippen LogP contribution in [0.5, 0.6) is 0 Å². The summed E-state index contributed by atoms with van der Waals surface area (Å²) in [5.74, 6) is -0.0522. The van der Waals surface area contributed by atoms with Gasteiger partial charge in [-0.05, 0) is 62.7 Å². The first-order valence-electron chi connectivity index (χ1n) is 10.4. The van der Waals surface area contributed by atoms with E-state index in [9.17, 15) is 9.18 Å². The molecule has 1 fully saturated rings. The zero-order chi connectivity index (χ0) is 22.0. The summed E-state index contributed by atoms with van der Waals surface area (Å²) in [6, 6.07) is 10.3. The fraction of sp³-hybridized carbons (Fsp3) is 0.391. The third-order valence-electron chi connectivity index (χ3n) is 5.99. The molecule has 1 amide bonds. The minimum Gasteiger partial charge on any atom is -0.383 e. The molecular formula is C23H27Cl2FN4O2. The standard InChI is InChI=1S/C23H26ClFN4O2.ClH/c1-14(13-31-2)29-10-8-15(9-11-29)23(30)26-22-17-12-16(6-7-20(17)27-28-22)21-18(24)4-3-5-19(21)25;/h3-7,12,14-15H,8-11,13H2,1-2H3,(H2,26,27,28,30);1H. The SMILES string of the molecule is COCC(C)N1CCC(C(=O)Nc2n[nH]c3ccc(-c4c(F)cccc4Cl)cc23)CC1.Cl. The normalized spacial score (nSPS) is 16.0. The number of rotatable bonds is 6. The van der Waals surface area contributed by atoms with Crippen LogP contribution in [0.4, 0.5) is 10.2 Å². The second-order valence-electron chi connectivity index (χ2n) is 8.03. The van der Waals surface area contributed by atoms with Gasteiger partial charge < -0.3 is 10.1 Å². The molecule has 32 heavy (non-hydrogen) atoms. The average Bonchev–Trinajstić information content (AvgIpc) is 3.16. The molecule has 9 heteroatoms. The number of amides is 1. The van der Waals surface area contributed by atoms with Crippen LogP contribution in [0.1, 0.15) is 19.8 Å². The molecule has 2 heterocycles. The topological polar surface area (TPSA) is 70.2 Å². The van der Waals surface area contributed by atoms with Gasteiger partial charge in [0.25, 0.3) is 0 Å². The number of hydrogen-bond donors (Lipinski definition) is 2. The molecule has 1 aliphatic heterocycles. The number of methoxy groups -OCH3 is 1. The molecule has 0 radical (unpaired) electrons. The summed E-state index contributed by atoms with van der Waals surface area (Å²) in [6.45, 7) is 4.55. The molecular weight excluding hydrogens is 454 g/mol. The molecule has 0 saturated carbocycles. The van der Waals surface area contributed by atoms with Crippen molar-refractivity contribution in [2.24, 2.45) is 5.92 Å². The Morgan fingerprint density at radius 2 is 2.09 bits per heavy atom. The smallest absolute Gasteiger partial charge is 0.228 e. The van der Waals surface area contributed by atoms with Gasteiger partial charge in [0.1, 0.15) is 5.82 Å². The van der Waals surface area contributed by atoms with E-state index in [1.54, 1.807) is 31.4 Å². The van der Waals surface area contributed by atoms with Crippen molar-refractivity contribution < 1.29 is 13.9 Å². The molecule has 0 spiro atoms. The molecule has 1 atom stereocenters. The molecule has 4 rings (SSSR count). The van der Waals surface area contributed by atoms with E-state index >= 15 is 0 Å². The predicted molar refractivity (Wildman–Crippen MR) is 128 cm³/mol. The van der Waals surface area contributed by atoms with E-state index in [0.717, 1.165) is 36.8 Å². The molecule has 1 aliphatic rings. The number of H-pyrrole nitrogens is 1. The summed E-state index contributed by atoms with van der Waals surface area (Å²) < 4.78 is 19.6. The summed E-state index contributed by atoms with van der Waals surface area (Å²) in [5.41, 5.74) is 1.73. The first kappa shape index (κ1) is 24.5. The zero-order valence-corrected chi connectivity index (χ0v) is 19.6. The van der Waals surface area contributed by atoms with Crippen LogP contribution in [0.2, 0.25) is 5.02 Å². The molecule has 0 aliphatic carbocycles. The van der Waals surface area contributed by atoms with Gasteiger partial charge >= 0.3 is 0 Å². The number of carbonyl (C=O) groups excluding carboxylic acids is 1. The molecule has 3 aromatic rings. The van der Waals surface area contributed by atoms with Crippen LogP contribution in [-0.2, 0) is 9.53 Å². The van der Waals surface area contributed by atoms with Gasteiger partial charge in [-0.3, -0.25) is 14.8 Å². The minimum absolute atomic E-state index is 0. The van der Waals surface area contributed by atoms with E-state index in [-0.39, 0.29) is 24.2 Å². The molecule has 1 saturated heterocycles. The van der Waals surface area contributed by atoms with E-state index in [1.165, 1.54) is 6.07 Å². The molecule has 1 aromatic heterocycles. The van der Waals surface area contributed by atoms with Crippen molar-refractivity contribution in [1.29, 1.82) is 0 Å². The number of aromatic amines is 1. The monoisotopic (exact) mass is 480 g/mol. The largest absolute Gasteiger partial charge is 0.383 e. The highest BCUT2D eigenvalue weighted by molar-refractivity contribution is 6.33. The molecule has 0 bridgehead atoms. The average molecular weight is 481 g/mol. The fourth-order valence-electron chi connectivity index (χ4n) is 4.21. The Morgan fingerprint density at radius 3 is 2.78 bits per heavy atom. The number of ether oxygens (including phenoxy) is 1. The number of hydrogen-bond acceptors (Lipinski definition) is 4. The third-order valence-corrected chi connectivity index (χ3v) is 6.30. The Morgan fingerprint density at radius 1 is 1.34 bits per heavy atom. The van der Waals surface area contributed by atoms with Crippen LogP contribution in [0, 0.1) is 11.7 Å². The number of halogens is 3. The first-order chi connectivity index (χ1) is 15.0. The Bertz CT molecular complexity index is 1060. The van der Waals surface area contributed by atoms with Crippen LogP contribution in [-0.4, -0.2) is 53.9 Å². The highest BCUT2D eigenvalue weighted by atomic mass is 35.5. The van der Waals surface area contributed by atoms with Crippen LogP contribution in [0.15, 0.2) is 36.4 Å². The number of piperidine rings is 1.